The number of allylic oxidation sites excluding steroid dienone is 4. The Bertz CT molecular complexity index is 1060. The minimum absolute atomic E-state index is 0. The van der Waals surface area contributed by atoms with Crippen LogP contribution in [0.1, 0.15) is 32.1 Å². The van der Waals surface area contributed by atoms with E-state index < -0.39 is 16.1 Å². The molecule has 0 heterocycles. The first kappa shape index (κ1) is 31.6. The summed E-state index contributed by atoms with van der Waals surface area (Å²) < 4.78 is 1.79. The second-order valence-electron chi connectivity index (χ2n) is 11.1. The van der Waals surface area contributed by atoms with Gasteiger partial charge in [0.05, 0.1) is 16.1 Å². The van der Waals surface area contributed by atoms with Gasteiger partial charge in [0.15, 0.2) is 0 Å². The first-order valence-corrected chi connectivity index (χ1v) is 20.2. The van der Waals surface area contributed by atoms with Gasteiger partial charge in [-0.15, -0.1) is 46.2 Å². The molecule has 5 heteroatoms. The molecule has 0 aromatic heterocycles. The molecule has 182 valence electrons. The van der Waals surface area contributed by atoms with E-state index in [0.717, 1.165) is 6.42 Å². The second kappa shape index (κ2) is 13.8. The van der Waals surface area contributed by atoms with Crippen molar-refractivity contribution < 1.29 is 49.0 Å². The summed E-state index contributed by atoms with van der Waals surface area (Å²) in [5, 5.41) is 8.79. The molecule has 0 N–H and O–H groups in total. The molecule has 0 radical (unpaired) electrons. The van der Waals surface area contributed by atoms with Gasteiger partial charge in [0.2, 0.25) is 0 Å². The van der Waals surface area contributed by atoms with E-state index in [4.69, 9.17) is 0 Å². The molecule has 0 saturated heterocycles. The zero-order chi connectivity index (χ0) is 23.4. The van der Waals surface area contributed by atoms with Gasteiger partial charge in [-0.2, -0.15) is 6.08 Å². The van der Waals surface area contributed by atoms with Gasteiger partial charge in [0.25, 0.3) is 0 Å². The van der Waals surface area contributed by atoms with Crippen LogP contribution in [0.4, 0.5) is 0 Å². The third kappa shape index (κ3) is 8.89. The molecule has 0 bridgehead atoms. The van der Waals surface area contributed by atoms with Gasteiger partial charge in [0.1, 0.15) is 0 Å². The molecule has 0 nitrogen and oxygen atoms in total. The molecule has 0 spiro atoms. The Hall–Kier alpha value is -0.443. The van der Waals surface area contributed by atoms with E-state index in [1.54, 1.807) is 37.8 Å². The van der Waals surface area contributed by atoms with E-state index >= 15 is 0 Å². The van der Waals surface area contributed by atoms with Gasteiger partial charge in [-0.05, 0) is 0 Å². The predicted molar refractivity (Wildman–Crippen MR) is 148 cm³/mol. The fourth-order valence-corrected chi connectivity index (χ4v) is 7.26. The molecular formula is C29H38Cl2Si2Zr-2. The van der Waals surface area contributed by atoms with Crippen LogP contribution in [-0.4, -0.2) is 19.4 Å². The monoisotopic (exact) mass is 602 g/mol. The molecule has 5 rings (SSSR count). The van der Waals surface area contributed by atoms with Crippen molar-refractivity contribution in [3.63, 3.8) is 0 Å². The van der Waals surface area contributed by atoms with E-state index in [-0.39, 0.29) is 24.8 Å². The Balaban J connectivity index is 0.000000367. The molecule has 2 aliphatic carbocycles. The molecule has 0 unspecified atom stereocenters. The summed E-state index contributed by atoms with van der Waals surface area (Å²) in [7, 11) is -2.51. The third-order valence-electron chi connectivity index (χ3n) is 6.23. The first-order valence-electron chi connectivity index (χ1n) is 12.0. The Morgan fingerprint density at radius 3 is 1.50 bits per heavy atom. The summed E-state index contributed by atoms with van der Waals surface area (Å²) in [6, 6.07) is 16.6. The summed E-state index contributed by atoms with van der Waals surface area (Å²) in [4.78, 5) is 0. The van der Waals surface area contributed by atoms with Gasteiger partial charge in [-0.25, -0.2) is 12.2 Å². The summed E-state index contributed by atoms with van der Waals surface area (Å²) in [5.74, 6) is 0. The van der Waals surface area contributed by atoms with E-state index in [0.29, 0.717) is 0 Å². The van der Waals surface area contributed by atoms with Crippen LogP contribution in [0.2, 0.25) is 39.3 Å². The molecular weight excluding hydrogens is 567 g/mol. The third-order valence-corrected chi connectivity index (χ3v) is 11.5. The summed E-state index contributed by atoms with van der Waals surface area (Å²) in [6.45, 7) is 14.5. The van der Waals surface area contributed by atoms with Crippen LogP contribution in [0.5, 0.6) is 0 Å². The molecule has 0 aliphatic heterocycles. The van der Waals surface area contributed by atoms with Crippen LogP contribution >= 0.6 is 0 Å². The zero-order valence-electron chi connectivity index (χ0n) is 21.6. The molecule has 3 aromatic carbocycles. The van der Waals surface area contributed by atoms with Crippen molar-refractivity contribution in [2.75, 3.05) is 0 Å². The van der Waals surface area contributed by atoms with Crippen molar-refractivity contribution >= 4 is 51.3 Å². The van der Waals surface area contributed by atoms with Crippen molar-refractivity contribution in [2.24, 2.45) is 0 Å². The van der Waals surface area contributed by atoms with Gasteiger partial charge in [-0.1, -0.05) is 73.9 Å². The van der Waals surface area contributed by atoms with Crippen molar-refractivity contribution in [3.8, 4) is 0 Å². The Morgan fingerprint density at radius 2 is 1.24 bits per heavy atom. The van der Waals surface area contributed by atoms with E-state index in [1.807, 2.05) is 12.2 Å². The maximum atomic E-state index is 2.99. The molecule has 0 atom stereocenters. The minimum atomic E-state index is -1.25. The molecule has 2 aliphatic rings. The standard InChI is InChI=1S/C19H25Si2.C5H8.C5H5.2ClH.Zr/c1-20(2,3)16-9-7-14-11-15-8-10-17(21(4,5)6)13-19(15)18(14)12-16;2*1-2-4-5-3-1;;;/h7-13H,1-6H3;1-4H2;1-3H,4H2;2*1H;/q-1;;-1;;;+2/p-2. The van der Waals surface area contributed by atoms with Crippen LogP contribution in [-0.2, 0) is 24.2 Å². The molecule has 1 saturated carbocycles. The molecule has 3 aromatic rings. The van der Waals surface area contributed by atoms with Gasteiger partial charge >= 0.3 is 53.1 Å². The first-order chi connectivity index (χ1) is 15.1. The van der Waals surface area contributed by atoms with Crippen LogP contribution in [0.25, 0.3) is 21.5 Å². The van der Waals surface area contributed by atoms with Crippen molar-refractivity contribution in [1.82, 2.24) is 0 Å². The van der Waals surface area contributed by atoms with Crippen LogP contribution in [0, 0.1) is 6.08 Å². The van der Waals surface area contributed by atoms with Crippen LogP contribution in [0.3, 0.4) is 0 Å². The average Bonchev–Trinajstić information content (AvgIpc) is 3.49. The van der Waals surface area contributed by atoms with Crippen LogP contribution in [0.15, 0.2) is 60.7 Å². The van der Waals surface area contributed by atoms with E-state index in [9.17, 15) is 0 Å². The topological polar surface area (TPSA) is 0 Å². The van der Waals surface area contributed by atoms with Crippen molar-refractivity contribution in [2.45, 2.75) is 71.4 Å². The molecule has 34 heavy (non-hydrogen) atoms. The number of fused-ring (bicyclic) bond motifs is 3. The van der Waals surface area contributed by atoms with Crippen molar-refractivity contribution in [1.29, 1.82) is 0 Å². The average molecular weight is 605 g/mol. The summed E-state index contributed by atoms with van der Waals surface area (Å²) >= 11 is 1.68. The number of rotatable bonds is 2. The second-order valence-corrected chi connectivity index (χ2v) is 23.0. The zero-order valence-corrected chi connectivity index (χ0v) is 27.5. The fraction of sp³-hybridized carbons (Fsp3) is 0.379. The summed E-state index contributed by atoms with van der Waals surface area (Å²) in [6.07, 6.45) is 15.8. The SMILES string of the molecule is C[Si](C)(C)c1ccc2[cH-]c3ccc([Si](C)(C)C)cc3c2c1.[C-]1=CC=CC1.[Cl-].[Cl-].[Zr+2]=[C]1CCCC1. The Labute approximate surface area is 236 Å². The predicted octanol–water partition coefficient (Wildman–Crippen LogP) is 1.40. The van der Waals surface area contributed by atoms with E-state index in [1.165, 1.54) is 47.2 Å². The van der Waals surface area contributed by atoms with Gasteiger partial charge < -0.3 is 24.8 Å². The fourth-order valence-electron chi connectivity index (χ4n) is 4.07. The quantitative estimate of drug-likeness (QED) is 0.307. The Morgan fingerprint density at radius 1 is 0.765 bits per heavy atom. The van der Waals surface area contributed by atoms with Crippen LogP contribution < -0.4 is 35.2 Å². The number of halogens is 2. The Kier molecular flexibility index (Phi) is 12.8. The number of hydrogen-bond acceptors (Lipinski definition) is 0. The molecule has 1 fully saturated rings. The maximum absolute atomic E-state index is 2.99. The molecule has 0 amide bonds. The summed E-state index contributed by atoms with van der Waals surface area (Å²) in [5.41, 5.74) is 0. The van der Waals surface area contributed by atoms with E-state index in [2.05, 4.69) is 93.9 Å². The van der Waals surface area contributed by atoms with Crippen molar-refractivity contribution in [3.05, 3.63) is 66.8 Å². The van der Waals surface area contributed by atoms with Gasteiger partial charge in [0, 0.05) is 0 Å². The van der Waals surface area contributed by atoms with Gasteiger partial charge in [-0.3, -0.25) is 6.08 Å². The normalized spacial score (nSPS) is 14.8. The number of benzene rings is 2. The number of hydrogen-bond donors (Lipinski definition) is 0.